The molecule has 0 bridgehead atoms. The van der Waals surface area contributed by atoms with E-state index in [1.807, 2.05) is 36.4 Å². The van der Waals surface area contributed by atoms with E-state index in [0.717, 1.165) is 11.4 Å². The van der Waals surface area contributed by atoms with Gasteiger partial charge in [-0.15, -0.1) is 0 Å². The number of hydrogen-bond donors (Lipinski definition) is 0. The Labute approximate surface area is 129 Å². The molecule has 0 aliphatic rings. The van der Waals surface area contributed by atoms with Gasteiger partial charge in [-0.2, -0.15) is 0 Å². The second-order valence-electron chi connectivity index (χ2n) is 2.43. The van der Waals surface area contributed by atoms with Crippen LogP contribution in [-0.4, -0.2) is 9.97 Å². The molecule has 0 amide bonds. The van der Waals surface area contributed by atoms with Gasteiger partial charge in [0.15, 0.2) is 0 Å². The fourth-order valence-corrected chi connectivity index (χ4v) is 1.03. The van der Waals surface area contributed by atoms with Gasteiger partial charge in [0.2, 0.25) is 0 Å². The van der Waals surface area contributed by atoms with E-state index in [-0.39, 0.29) is 59.6 Å². The molecule has 0 saturated heterocycles. The minimum atomic E-state index is 0. The summed E-state index contributed by atoms with van der Waals surface area (Å²) in [5.74, 6) is 0. The zero-order chi connectivity index (χ0) is 8.23. The van der Waals surface area contributed by atoms with Gasteiger partial charge < -0.3 is 37.2 Å². The van der Waals surface area contributed by atoms with Gasteiger partial charge in [0, 0.05) is 12.4 Å². The number of nitrogens with zero attached hydrogens (tertiary/aromatic N) is 2. The Morgan fingerprint density at radius 2 is 1.00 bits per heavy atom. The molecule has 0 unspecified atom stereocenters. The molecule has 2 rings (SSSR count). The second-order valence-corrected chi connectivity index (χ2v) is 2.43. The Bertz CT molecular complexity index is 321. The summed E-state index contributed by atoms with van der Waals surface area (Å²) in [6.07, 6.45) is 3.54. The van der Waals surface area contributed by atoms with E-state index < -0.39 is 0 Å². The first-order valence-corrected chi connectivity index (χ1v) is 3.79. The molecular formula is C10H8Cl3N2Nb. The quantitative estimate of drug-likeness (QED) is 0.476. The third-order valence-electron chi connectivity index (χ3n) is 1.59. The molecule has 0 radical (unpaired) electrons. The van der Waals surface area contributed by atoms with Crippen LogP contribution in [0.1, 0.15) is 0 Å². The molecule has 16 heavy (non-hydrogen) atoms. The SMILES string of the molecule is [Cl-].[Cl-].[Cl-].[Nb+3].c1ccc(-c2ccccn2)nc1. The van der Waals surface area contributed by atoms with Gasteiger partial charge in [-0.05, 0) is 24.3 Å². The fourth-order valence-electron chi connectivity index (χ4n) is 1.03. The van der Waals surface area contributed by atoms with Crippen molar-refractivity contribution in [3.63, 3.8) is 0 Å². The second kappa shape index (κ2) is 11.4. The molecule has 0 fully saturated rings. The van der Waals surface area contributed by atoms with Gasteiger partial charge in [-0.3, -0.25) is 9.97 Å². The summed E-state index contributed by atoms with van der Waals surface area (Å²) in [6.45, 7) is 0. The standard InChI is InChI=1S/C10H8N2.3ClH.Nb/c1-3-7-11-9(5-1)10-6-2-4-8-12-10;;;;/h1-8H;3*1H;/q;;;;+3/p-3. The molecule has 2 aromatic rings. The number of pyridine rings is 2. The Morgan fingerprint density at radius 3 is 1.25 bits per heavy atom. The molecule has 0 saturated carbocycles. The summed E-state index contributed by atoms with van der Waals surface area (Å²) < 4.78 is 0. The summed E-state index contributed by atoms with van der Waals surface area (Å²) in [4.78, 5) is 8.37. The van der Waals surface area contributed by atoms with Crippen molar-refractivity contribution in [2.24, 2.45) is 0 Å². The van der Waals surface area contributed by atoms with E-state index in [2.05, 4.69) is 9.97 Å². The van der Waals surface area contributed by atoms with Crippen LogP contribution in [0.4, 0.5) is 0 Å². The fraction of sp³-hybridized carbons (Fsp3) is 0. The van der Waals surface area contributed by atoms with Gasteiger partial charge in [0.1, 0.15) is 0 Å². The first-order valence-electron chi connectivity index (χ1n) is 3.79. The van der Waals surface area contributed by atoms with Crippen molar-refractivity contribution in [2.75, 3.05) is 0 Å². The van der Waals surface area contributed by atoms with Crippen LogP contribution in [0.3, 0.4) is 0 Å². The van der Waals surface area contributed by atoms with Crippen LogP contribution in [0.2, 0.25) is 0 Å². The van der Waals surface area contributed by atoms with Crippen LogP contribution in [0, 0.1) is 0 Å². The Balaban J connectivity index is -0.000000422. The normalized spacial score (nSPS) is 7.25. The maximum Gasteiger partial charge on any atom is 3.00 e. The van der Waals surface area contributed by atoms with E-state index in [4.69, 9.17) is 0 Å². The molecule has 2 heterocycles. The number of hydrogen-bond acceptors (Lipinski definition) is 2. The summed E-state index contributed by atoms with van der Waals surface area (Å²) in [7, 11) is 0. The van der Waals surface area contributed by atoms with E-state index >= 15 is 0 Å². The molecule has 0 spiro atoms. The topological polar surface area (TPSA) is 25.8 Å². The average molecular weight is 355 g/mol. The Kier molecular flexibility index (Phi) is 15.1. The van der Waals surface area contributed by atoms with E-state index in [0.29, 0.717) is 0 Å². The number of halogens is 3. The number of rotatable bonds is 1. The van der Waals surface area contributed by atoms with Crippen molar-refractivity contribution >= 4 is 0 Å². The van der Waals surface area contributed by atoms with Crippen LogP contribution in [0.15, 0.2) is 48.8 Å². The molecular weight excluding hydrogens is 347 g/mol. The van der Waals surface area contributed by atoms with Gasteiger partial charge in [-0.25, -0.2) is 0 Å². The largest absolute Gasteiger partial charge is 3.00 e. The Hall–Kier alpha value is -0.0897. The molecule has 0 aromatic carbocycles. The van der Waals surface area contributed by atoms with Crippen LogP contribution in [0.25, 0.3) is 11.4 Å². The molecule has 84 valence electrons. The maximum absolute atomic E-state index is 4.19. The first kappa shape index (κ1) is 21.2. The monoisotopic (exact) mass is 354 g/mol. The Morgan fingerprint density at radius 1 is 0.625 bits per heavy atom. The third-order valence-corrected chi connectivity index (χ3v) is 1.59. The molecule has 0 aliphatic carbocycles. The van der Waals surface area contributed by atoms with Gasteiger partial charge in [0.05, 0.1) is 11.4 Å². The van der Waals surface area contributed by atoms with Crippen molar-refractivity contribution in [3.05, 3.63) is 48.8 Å². The summed E-state index contributed by atoms with van der Waals surface area (Å²) >= 11 is 0. The van der Waals surface area contributed by atoms with Crippen molar-refractivity contribution in [1.82, 2.24) is 9.97 Å². The van der Waals surface area contributed by atoms with Crippen LogP contribution in [0.5, 0.6) is 0 Å². The summed E-state index contributed by atoms with van der Waals surface area (Å²) in [6, 6.07) is 11.6. The van der Waals surface area contributed by atoms with Crippen LogP contribution >= 0.6 is 0 Å². The zero-order valence-electron chi connectivity index (χ0n) is 8.09. The minimum Gasteiger partial charge on any atom is -1.00 e. The number of aromatic nitrogens is 2. The predicted octanol–water partition coefficient (Wildman–Crippen LogP) is -6.85. The predicted molar refractivity (Wildman–Crippen MR) is 47.5 cm³/mol. The van der Waals surface area contributed by atoms with Crippen molar-refractivity contribution in [2.45, 2.75) is 0 Å². The van der Waals surface area contributed by atoms with Crippen LogP contribution < -0.4 is 37.2 Å². The smallest absolute Gasteiger partial charge is 1.00 e. The van der Waals surface area contributed by atoms with Gasteiger partial charge in [0.25, 0.3) is 0 Å². The molecule has 0 N–H and O–H groups in total. The minimum absolute atomic E-state index is 0. The third kappa shape index (κ3) is 5.85. The van der Waals surface area contributed by atoms with Crippen molar-refractivity contribution < 1.29 is 59.6 Å². The van der Waals surface area contributed by atoms with Crippen molar-refractivity contribution in [1.29, 1.82) is 0 Å². The maximum atomic E-state index is 4.19. The van der Waals surface area contributed by atoms with Crippen molar-refractivity contribution in [3.8, 4) is 11.4 Å². The zero-order valence-corrected chi connectivity index (χ0v) is 12.6. The molecule has 2 aromatic heterocycles. The van der Waals surface area contributed by atoms with Gasteiger partial charge >= 0.3 is 22.4 Å². The summed E-state index contributed by atoms with van der Waals surface area (Å²) in [5, 5.41) is 0. The summed E-state index contributed by atoms with van der Waals surface area (Å²) in [5.41, 5.74) is 1.83. The molecule has 0 aliphatic heterocycles. The molecule has 6 heteroatoms. The van der Waals surface area contributed by atoms with Crippen LogP contribution in [-0.2, 0) is 22.4 Å². The van der Waals surface area contributed by atoms with Gasteiger partial charge in [-0.1, -0.05) is 12.1 Å². The van der Waals surface area contributed by atoms with E-state index in [9.17, 15) is 0 Å². The average Bonchev–Trinajstić information content (AvgIpc) is 2.21. The molecule has 0 atom stereocenters. The van der Waals surface area contributed by atoms with E-state index in [1.165, 1.54) is 0 Å². The first-order chi connectivity index (χ1) is 5.97. The van der Waals surface area contributed by atoms with E-state index in [1.54, 1.807) is 12.4 Å². The molecule has 2 nitrogen and oxygen atoms in total.